The molecule has 0 fully saturated rings. The molecule has 0 aliphatic heterocycles. The molecule has 16 heavy (non-hydrogen) atoms. The van der Waals surface area contributed by atoms with Crippen LogP contribution in [-0.2, 0) is 0 Å². The van der Waals surface area contributed by atoms with Gasteiger partial charge < -0.3 is 9.84 Å². The van der Waals surface area contributed by atoms with Crippen molar-refractivity contribution in [3.05, 3.63) is 29.8 Å². The lowest BCUT2D eigenvalue weighted by atomic mass is 10.2. The van der Waals surface area contributed by atoms with Gasteiger partial charge in [-0.25, -0.2) is 4.79 Å². The first-order valence-electron chi connectivity index (χ1n) is 5.20. The van der Waals surface area contributed by atoms with Gasteiger partial charge in [0.05, 0.1) is 6.61 Å². The second-order valence-corrected chi connectivity index (χ2v) is 3.36. The summed E-state index contributed by atoms with van der Waals surface area (Å²) in [7, 11) is 0. The second-order valence-electron chi connectivity index (χ2n) is 3.36. The monoisotopic (exact) mass is 235 g/mol. The molecular formula is C12H16AlO3. The molecule has 0 unspecified atom stereocenters. The number of hydrogen-bond donors (Lipinski definition) is 1. The number of rotatable bonds is 6. The van der Waals surface area contributed by atoms with Gasteiger partial charge in [0.1, 0.15) is 11.3 Å². The number of hydrogen-bond acceptors (Lipinski definition) is 2. The van der Waals surface area contributed by atoms with Crippen molar-refractivity contribution in [2.75, 3.05) is 6.61 Å². The minimum Gasteiger partial charge on any atom is -0.493 e. The Balaban J connectivity index is 0.00000225. The van der Waals surface area contributed by atoms with E-state index in [2.05, 4.69) is 6.92 Å². The summed E-state index contributed by atoms with van der Waals surface area (Å²) in [6, 6.07) is 6.72. The number of para-hydroxylation sites is 1. The van der Waals surface area contributed by atoms with Crippen molar-refractivity contribution in [1.82, 2.24) is 0 Å². The molecule has 0 bridgehead atoms. The van der Waals surface area contributed by atoms with E-state index >= 15 is 0 Å². The van der Waals surface area contributed by atoms with Crippen LogP contribution in [0, 0.1) is 0 Å². The number of unbranched alkanes of at least 4 members (excludes halogenated alkanes) is 2. The number of carbonyl (C=O) groups is 1. The summed E-state index contributed by atoms with van der Waals surface area (Å²) in [5.74, 6) is -0.484. The van der Waals surface area contributed by atoms with Crippen molar-refractivity contribution >= 4 is 23.3 Å². The van der Waals surface area contributed by atoms with E-state index in [4.69, 9.17) is 9.84 Å². The van der Waals surface area contributed by atoms with Gasteiger partial charge in [-0.1, -0.05) is 31.9 Å². The van der Waals surface area contributed by atoms with Crippen LogP contribution in [0.15, 0.2) is 24.3 Å². The van der Waals surface area contributed by atoms with Gasteiger partial charge in [-0.15, -0.1) is 0 Å². The standard InChI is InChI=1S/C12H16O3.Al/c1-2-3-6-9-15-11-8-5-4-7-10(11)12(13)14;/h4-5,7-8H,2-3,6,9H2,1H3,(H,13,14);. The highest BCUT2D eigenvalue weighted by atomic mass is 27.0. The molecule has 0 atom stereocenters. The number of ether oxygens (including phenoxy) is 1. The van der Waals surface area contributed by atoms with Crippen molar-refractivity contribution < 1.29 is 14.6 Å². The van der Waals surface area contributed by atoms with Crippen LogP contribution in [0.1, 0.15) is 36.5 Å². The van der Waals surface area contributed by atoms with Crippen LogP contribution >= 0.6 is 0 Å². The maximum absolute atomic E-state index is 10.8. The molecule has 3 nitrogen and oxygen atoms in total. The first kappa shape index (κ1) is 15.0. The van der Waals surface area contributed by atoms with E-state index in [-0.39, 0.29) is 22.9 Å². The quantitative estimate of drug-likeness (QED) is 0.609. The van der Waals surface area contributed by atoms with E-state index < -0.39 is 5.97 Å². The summed E-state index contributed by atoms with van der Waals surface area (Å²) in [5.41, 5.74) is 0.231. The number of benzene rings is 1. The van der Waals surface area contributed by atoms with Gasteiger partial charge in [0, 0.05) is 17.4 Å². The van der Waals surface area contributed by atoms with Crippen molar-refractivity contribution in [2.24, 2.45) is 0 Å². The van der Waals surface area contributed by atoms with Crippen molar-refractivity contribution in [3.8, 4) is 5.75 Å². The molecule has 0 aliphatic rings. The van der Waals surface area contributed by atoms with Gasteiger partial charge in [-0.3, -0.25) is 0 Å². The molecule has 0 saturated carbocycles. The highest BCUT2D eigenvalue weighted by Crippen LogP contribution is 2.18. The Bertz CT molecular complexity index is 326. The van der Waals surface area contributed by atoms with Crippen LogP contribution < -0.4 is 4.74 Å². The molecule has 0 aliphatic carbocycles. The Kier molecular flexibility index (Phi) is 7.71. The number of aromatic carboxylic acids is 1. The molecule has 0 spiro atoms. The topological polar surface area (TPSA) is 46.5 Å². The van der Waals surface area contributed by atoms with Crippen molar-refractivity contribution in [2.45, 2.75) is 26.2 Å². The Morgan fingerprint density at radius 2 is 2.00 bits per heavy atom. The Labute approximate surface area is 107 Å². The van der Waals surface area contributed by atoms with Crippen LogP contribution in [0.3, 0.4) is 0 Å². The van der Waals surface area contributed by atoms with E-state index in [1.807, 2.05) is 0 Å². The lowest BCUT2D eigenvalue weighted by Gasteiger charge is -2.08. The van der Waals surface area contributed by atoms with Crippen molar-refractivity contribution in [3.63, 3.8) is 0 Å². The third-order valence-corrected chi connectivity index (χ3v) is 2.12. The summed E-state index contributed by atoms with van der Waals surface area (Å²) in [6.07, 6.45) is 3.20. The molecule has 1 rings (SSSR count). The summed E-state index contributed by atoms with van der Waals surface area (Å²) < 4.78 is 5.42. The van der Waals surface area contributed by atoms with Gasteiger partial charge in [0.15, 0.2) is 0 Å². The predicted molar refractivity (Wildman–Crippen MR) is 64.2 cm³/mol. The lowest BCUT2D eigenvalue weighted by Crippen LogP contribution is -2.04. The largest absolute Gasteiger partial charge is 0.493 e. The zero-order valence-corrected chi connectivity index (χ0v) is 10.6. The van der Waals surface area contributed by atoms with Crippen LogP contribution in [0.2, 0.25) is 0 Å². The van der Waals surface area contributed by atoms with E-state index in [0.29, 0.717) is 12.4 Å². The van der Waals surface area contributed by atoms with E-state index in [0.717, 1.165) is 19.3 Å². The van der Waals surface area contributed by atoms with E-state index in [1.54, 1.807) is 24.3 Å². The Morgan fingerprint density at radius 1 is 1.31 bits per heavy atom. The normalized spacial score (nSPS) is 9.31. The van der Waals surface area contributed by atoms with Crippen molar-refractivity contribution in [1.29, 1.82) is 0 Å². The van der Waals surface area contributed by atoms with Crippen LogP contribution in [0.4, 0.5) is 0 Å². The average molecular weight is 235 g/mol. The minimum atomic E-state index is -0.943. The van der Waals surface area contributed by atoms with Crippen LogP contribution in [0.25, 0.3) is 0 Å². The molecule has 0 aromatic heterocycles. The highest BCUT2D eigenvalue weighted by Gasteiger charge is 2.09. The maximum atomic E-state index is 10.8. The third-order valence-electron chi connectivity index (χ3n) is 2.12. The first-order chi connectivity index (χ1) is 7.25. The molecule has 4 heteroatoms. The van der Waals surface area contributed by atoms with Gasteiger partial charge >= 0.3 is 5.97 Å². The maximum Gasteiger partial charge on any atom is 0.339 e. The summed E-state index contributed by atoms with van der Waals surface area (Å²) in [6.45, 7) is 2.70. The van der Waals surface area contributed by atoms with Gasteiger partial charge in [-0.2, -0.15) is 0 Å². The fraction of sp³-hybridized carbons (Fsp3) is 0.417. The summed E-state index contributed by atoms with van der Waals surface area (Å²) >= 11 is 0. The SMILES string of the molecule is CCCCCOc1ccccc1C(=O)O.[Al]. The smallest absolute Gasteiger partial charge is 0.339 e. The average Bonchev–Trinajstić information content (AvgIpc) is 2.25. The van der Waals surface area contributed by atoms with Gasteiger partial charge in [0.2, 0.25) is 0 Å². The molecule has 1 N–H and O–H groups in total. The number of carboxylic acids is 1. The molecule has 3 radical (unpaired) electrons. The molecule has 1 aromatic carbocycles. The first-order valence-corrected chi connectivity index (χ1v) is 5.20. The predicted octanol–water partition coefficient (Wildman–Crippen LogP) is 2.57. The van der Waals surface area contributed by atoms with E-state index in [9.17, 15) is 4.79 Å². The molecule has 0 heterocycles. The van der Waals surface area contributed by atoms with Gasteiger partial charge in [0.25, 0.3) is 0 Å². The van der Waals surface area contributed by atoms with Gasteiger partial charge in [-0.05, 0) is 18.6 Å². The highest BCUT2D eigenvalue weighted by molar-refractivity contribution is 5.90. The molecule has 1 aromatic rings. The second kappa shape index (κ2) is 8.21. The third kappa shape index (κ3) is 4.70. The fourth-order valence-electron chi connectivity index (χ4n) is 1.30. The summed E-state index contributed by atoms with van der Waals surface area (Å²) in [4.78, 5) is 10.8. The van der Waals surface area contributed by atoms with E-state index in [1.165, 1.54) is 0 Å². The molecule has 0 saturated heterocycles. The minimum absolute atomic E-state index is 0. The molecule has 0 amide bonds. The fourth-order valence-corrected chi connectivity index (χ4v) is 1.30. The molecule has 85 valence electrons. The van der Waals surface area contributed by atoms with Crippen LogP contribution in [0.5, 0.6) is 5.75 Å². The summed E-state index contributed by atoms with van der Waals surface area (Å²) in [5, 5.41) is 8.89. The molecular weight excluding hydrogens is 219 g/mol. The lowest BCUT2D eigenvalue weighted by molar-refractivity contribution is 0.0692. The Hall–Kier alpha value is -0.978. The number of carboxylic acid groups (broad SMARTS) is 1. The van der Waals surface area contributed by atoms with Crippen LogP contribution in [-0.4, -0.2) is 35.0 Å². The Morgan fingerprint density at radius 3 is 2.62 bits per heavy atom. The zero-order chi connectivity index (χ0) is 11.1. The zero-order valence-electron chi connectivity index (χ0n) is 9.48.